The summed E-state index contributed by atoms with van der Waals surface area (Å²) in [6.45, 7) is 1.59. The number of amides is 1. The molecule has 2 atom stereocenters. The smallest absolute Gasteiger partial charge is 0.233 e. The van der Waals surface area contributed by atoms with Crippen molar-refractivity contribution in [2.24, 2.45) is 11.3 Å². The standard InChI is InChI=1S/C26H25N7O2/c1-35-20-9-19-23(30-24(20)31-25(34)26-10-16(26)11-27-13-26)22(29-14-28-19)18-12-33(17-7-8-17)32-21(18)15-5-3-2-4-6-15/h2-6,9,12,14,16-17,27H,7-8,10-11,13H2,1H3,(H,30,31,34). The van der Waals surface area contributed by atoms with Gasteiger partial charge in [0.1, 0.15) is 23.2 Å². The van der Waals surface area contributed by atoms with Crippen LogP contribution in [0, 0.1) is 11.3 Å². The van der Waals surface area contributed by atoms with Crippen LogP contribution in [-0.2, 0) is 4.79 Å². The number of carbonyl (C=O) groups is 1. The van der Waals surface area contributed by atoms with Gasteiger partial charge in [-0.25, -0.2) is 15.0 Å². The number of anilines is 1. The van der Waals surface area contributed by atoms with Crippen molar-refractivity contribution in [3.05, 3.63) is 48.9 Å². The van der Waals surface area contributed by atoms with Crippen LogP contribution in [-0.4, -0.2) is 50.8 Å². The molecule has 1 aromatic carbocycles. The number of nitrogens with one attached hydrogen (secondary N) is 2. The van der Waals surface area contributed by atoms with Gasteiger partial charge in [0.15, 0.2) is 11.6 Å². The Kier molecular flexibility index (Phi) is 4.44. The fraction of sp³-hybridized carbons (Fsp3) is 0.346. The molecule has 0 bridgehead atoms. The summed E-state index contributed by atoms with van der Waals surface area (Å²) < 4.78 is 7.62. The second-order valence-electron chi connectivity index (χ2n) is 9.74. The van der Waals surface area contributed by atoms with Gasteiger partial charge >= 0.3 is 0 Å². The maximum absolute atomic E-state index is 13.2. The largest absolute Gasteiger partial charge is 0.493 e. The van der Waals surface area contributed by atoms with Gasteiger partial charge in [-0.05, 0) is 31.7 Å². The second kappa shape index (κ2) is 7.58. The highest BCUT2D eigenvalue weighted by molar-refractivity contribution is 6.01. The molecule has 3 aliphatic rings. The first kappa shape index (κ1) is 20.5. The zero-order valence-corrected chi connectivity index (χ0v) is 19.4. The lowest BCUT2D eigenvalue weighted by molar-refractivity contribution is -0.120. The van der Waals surface area contributed by atoms with E-state index in [0.717, 1.165) is 42.6 Å². The van der Waals surface area contributed by atoms with Gasteiger partial charge in [0.25, 0.3) is 0 Å². The van der Waals surface area contributed by atoms with Gasteiger partial charge in [0.2, 0.25) is 5.91 Å². The number of hydrogen-bond donors (Lipinski definition) is 2. The molecule has 3 aromatic heterocycles. The van der Waals surface area contributed by atoms with Gasteiger partial charge in [0, 0.05) is 29.9 Å². The van der Waals surface area contributed by atoms with E-state index in [1.807, 2.05) is 28.9 Å². The molecule has 7 rings (SSSR count). The van der Waals surface area contributed by atoms with Crippen LogP contribution in [0.5, 0.6) is 5.75 Å². The van der Waals surface area contributed by atoms with Crippen LogP contribution in [0.15, 0.2) is 48.9 Å². The molecule has 9 heteroatoms. The van der Waals surface area contributed by atoms with Crippen LogP contribution in [0.3, 0.4) is 0 Å². The number of nitrogens with zero attached hydrogens (tertiary/aromatic N) is 5. The van der Waals surface area contributed by atoms with Crippen molar-refractivity contribution >= 4 is 22.8 Å². The number of methoxy groups -OCH3 is 1. The van der Waals surface area contributed by atoms with Crippen molar-refractivity contribution in [2.75, 3.05) is 25.5 Å². The van der Waals surface area contributed by atoms with Gasteiger partial charge in [-0.15, -0.1) is 0 Å². The molecule has 1 saturated heterocycles. The van der Waals surface area contributed by atoms with Gasteiger partial charge in [-0.2, -0.15) is 5.10 Å². The third-order valence-electron chi connectivity index (χ3n) is 7.50. The van der Waals surface area contributed by atoms with E-state index in [4.69, 9.17) is 14.8 Å². The average Bonchev–Trinajstić information content (AvgIpc) is 3.79. The van der Waals surface area contributed by atoms with Crippen molar-refractivity contribution in [1.82, 2.24) is 30.0 Å². The zero-order valence-electron chi connectivity index (χ0n) is 19.4. The van der Waals surface area contributed by atoms with Crippen LogP contribution < -0.4 is 15.4 Å². The fourth-order valence-electron chi connectivity index (χ4n) is 5.23. The molecule has 35 heavy (non-hydrogen) atoms. The highest BCUT2D eigenvalue weighted by atomic mass is 16.5. The topological polar surface area (TPSA) is 107 Å². The highest BCUT2D eigenvalue weighted by Gasteiger charge is 2.62. The summed E-state index contributed by atoms with van der Waals surface area (Å²) in [6.07, 6.45) is 6.77. The molecule has 1 amide bonds. The van der Waals surface area contributed by atoms with Crippen molar-refractivity contribution in [3.8, 4) is 28.3 Å². The molecule has 2 aliphatic carbocycles. The summed E-state index contributed by atoms with van der Waals surface area (Å²) in [5.74, 6) is 1.26. The summed E-state index contributed by atoms with van der Waals surface area (Å²) in [4.78, 5) is 27.1. The Labute approximate surface area is 202 Å². The number of hydrogen-bond acceptors (Lipinski definition) is 7. The molecule has 3 fully saturated rings. The summed E-state index contributed by atoms with van der Waals surface area (Å²) >= 11 is 0. The van der Waals surface area contributed by atoms with E-state index in [9.17, 15) is 4.79 Å². The zero-order chi connectivity index (χ0) is 23.6. The molecule has 1 aliphatic heterocycles. The lowest BCUT2D eigenvalue weighted by atomic mass is 10.0. The summed E-state index contributed by atoms with van der Waals surface area (Å²) in [6, 6.07) is 12.3. The molecular weight excluding hydrogens is 442 g/mol. The fourth-order valence-corrected chi connectivity index (χ4v) is 5.23. The third kappa shape index (κ3) is 3.30. The lowest BCUT2D eigenvalue weighted by Crippen LogP contribution is -2.30. The number of rotatable bonds is 6. The van der Waals surface area contributed by atoms with Crippen molar-refractivity contribution in [1.29, 1.82) is 0 Å². The average molecular weight is 468 g/mol. The quantitative estimate of drug-likeness (QED) is 0.447. The van der Waals surface area contributed by atoms with E-state index in [0.29, 0.717) is 46.8 Å². The molecule has 2 unspecified atom stereocenters. The van der Waals surface area contributed by atoms with Crippen LogP contribution in [0.4, 0.5) is 5.82 Å². The van der Waals surface area contributed by atoms with E-state index in [1.165, 1.54) is 6.33 Å². The monoisotopic (exact) mass is 467 g/mol. The third-order valence-corrected chi connectivity index (χ3v) is 7.50. The van der Waals surface area contributed by atoms with Crippen molar-refractivity contribution < 1.29 is 9.53 Å². The van der Waals surface area contributed by atoms with E-state index < -0.39 is 0 Å². The predicted octanol–water partition coefficient (Wildman–Crippen LogP) is 3.45. The molecule has 2 saturated carbocycles. The van der Waals surface area contributed by atoms with E-state index in [-0.39, 0.29) is 11.3 Å². The summed E-state index contributed by atoms with van der Waals surface area (Å²) in [5.41, 5.74) is 4.37. The minimum atomic E-state index is -0.330. The minimum absolute atomic E-state index is 0.0115. The number of carbonyl (C=O) groups excluding carboxylic acids is 1. The Balaban J connectivity index is 1.36. The van der Waals surface area contributed by atoms with Gasteiger partial charge in [-0.3, -0.25) is 9.48 Å². The van der Waals surface area contributed by atoms with Crippen molar-refractivity contribution in [3.63, 3.8) is 0 Å². The van der Waals surface area contributed by atoms with Crippen LogP contribution in [0.2, 0.25) is 0 Å². The Bertz CT molecular complexity index is 1460. The number of aromatic nitrogens is 5. The maximum Gasteiger partial charge on any atom is 0.233 e. The lowest BCUT2D eigenvalue weighted by Gasteiger charge is -2.15. The van der Waals surface area contributed by atoms with E-state index in [2.05, 4.69) is 38.9 Å². The molecular formula is C26H25N7O2. The normalized spacial score (nSPS) is 22.7. The number of piperidine rings is 1. The second-order valence-corrected chi connectivity index (χ2v) is 9.74. The van der Waals surface area contributed by atoms with Crippen molar-refractivity contribution in [2.45, 2.75) is 25.3 Å². The molecule has 176 valence electrons. The first-order valence-corrected chi connectivity index (χ1v) is 12.0. The SMILES string of the molecule is COc1cc2ncnc(-c3cn(C4CC4)nc3-c3ccccc3)c2nc1NC(=O)C12CNCC1C2. The Morgan fingerprint density at radius 3 is 2.77 bits per heavy atom. The first-order valence-electron chi connectivity index (χ1n) is 12.0. The first-order chi connectivity index (χ1) is 17.2. The van der Waals surface area contributed by atoms with Crippen LogP contribution in [0.25, 0.3) is 33.5 Å². The maximum atomic E-state index is 13.2. The molecule has 2 N–H and O–H groups in total. The summed E-state index contributed by atoms with van der Waals surface area (Å²) in [7, 11) is 1.57. The van der Waals surface area contributed by atoms with E-state index in [1.54, 1.807) is 7.11 Å². The summed E-state index contributed by atoms with van der Waals surface area (Å²) in [5, 5.41) is 11.3. The Morgan fingerprint density at radius 2 is 2.06 bits per heavy atom. The number of ether oxygens (including phenoxy) is 1. The predicted molar refractivity (Wildman–Crippen MR) is 131 cm³/mol. The van der Waals surface area contributed by atoms with Crippen LogP contribution >= 0.6 is 0 Å². The number of fused-ring (bicyclic) bond motifs is 2. The Hall–Kier alpha value is -3.85. The molecule has 9 nitrogen and oxygen atoms in total. The highest BCUT2D eigenvalue weighted by Crippen LogP contribution is 2.55. The molecule has 4 aromatic rings. The van der Waals surface area contributed by atoms with E-state index >= 15 is 0 Å². The Morgan fingerprint density at radius 1 is 1.20 bits per heavy atom. The molecule has 0 radical (unpaired) electrons. The van der Waals surface area contributed by atoms with Gasteiger partial charge in [0.05, 0.1) is 24.1 Å². The van der Waals surface area contributed by atoms with Gasteiger partial charge in [-0.1, -0.05) is 30.3 Å². The van der Waals surface area contributed by atoms with Crippen LogP contribution in [0.1, 0.15) is 25.3 Å². The van der Waals surface area contributed by atoms with Gasteiger partial charge < -0.3 is 15.4 Å². The minimum Gasteiger partial charge on any atom is -0.493 e. The number of benzene rings is 1. The molecule has 0 spiro atoms. The number of pyridine rings is 1. The molecule has 4 heterocycles.